The van der Waals surface area contributed by atoms with Gasteiger partial charge in [0.15, 0.2) is 0 Å². The van der Waals surface area contributed by atoms with E-state index in [1.165, 1.54) is 11.1 Å². The molecule has 0 amide bonds. The van der Waals surface area contributed by atoms with E-state index in [-0.39, 0.29) is 29.5 Å². The Morgan fingerprint density at radius 3 is 1.93 bits per heavy atom. The molecule has 28 heavy (non-hydrogen) atoms. The van der Waals surface area contributed by atoms with Crippen molar-refractivity contribution in [3.05, 3.63) is 89.2 Å². The predicted molar refractivity (Wildman–Crippen MR) is 109 cm³/mol. The molecule has 0 N–H and O–H groups in total. The average Bonchev–Trinajstić information content (AvgIpc) is 2.65. The van der Waals surface area contributed by atoms with Gasteiger partial charge in [-0.15, -0.1) is 0 Å². The van der Waals surface area contributed by atoms with Crippen LogP contribution in [-0.4, -0.2) is 17.4 Å². The molecule has 0 bridgehead atoms. The van der Waals surface area contributed by atoms with Crippen molar-refractivity contribution in [2.45, 2.75) is 26.7 Å². The van der Waals surface area contributed by atoms with Crippen LogP contribution in [0, 0.1) is 19.9 Å². The van der Waals surface area contributed by atoms with Crippen molar-refractivity contribution in [3.8, 4) is 0 Å². The van der Waals surface area contributed by atoms with Crippen LogP contribution in [0.1, 0.15) is 22.5 Å². The molecule has 3 aromatic rings. The summed E-state index contributed by atoms with van der Waals surface area (Å²) in [5, 5.41) is 0. The monoisotopic (exact) mass is 431 g/mol. The van der Waals surface area contributed by atoms with Gasteiger partial charge in [0, 0.05) is 25.3 Å². The second kappa shape index (κ2) is 12.2. The molecule has 0 fully saturated rings. The Bertz CT molecular complexity index is 866. The van der Waals surface area contributed by atoms with Crippen LogP contribution in [0.25, 0.3) is 0 Å². The largest absolute Gasteiger partial charge is 2.00 e. The molecule has 0 saturated carbocycles. The third kappa shape index (κ3) is 7.05. The number of benzene rings is 2. The number of halogens is 1. The molecule has 0 saturated heterocycles. The van der Waals surface area contributed by atoms with E-state index in [9.17, 15) is 0 Å². The van der Waals surface area contributed by atoms with Crippen molar-refractivity contribution < 1.29 is 29.5 Å². The fourth-order valence-corrected chi connectivity index (χ4v) is 2.58. The number of rotatable bonds is 6. The maximum absolute atomic E-state index is 4.64. The third-order valence-corrected chi connectivity index (χ3v) is 4.08. The Labute approximate surface area is 183 Å². The van der Waals surface area contributed by atoms with Gasteiger partial charge in [-0.3, -0.25) is 15.0 Å². The molecule has 0 aliphatic heterocycles. The van der Waals surface area contributed by atoms with Gasteiger partial charge in [-0.05, 0) is 48.5 Å². The average molecular weight is 432 g/mol. The van der Waals surface area contributed by atoms with Crippen molar-refractivity contribution >= 4 is 23.8 Å². The van der Waals surface area contributed by atoms with E-state index in [1.54, 1.807) is 0 Å². The topological polar surface area (TPSA) is 37.6 Å². The minimum absolute atomic E-state index is 0. The van der Waals surface area contributed by atoms with Gasteiger partial charge >= 0.3 is 17.1 Å². The van der Waals surface area contributed by atoms with E-state index < -0.39 is 0 Å². The van der Waals surface area contributed by atoms with Gasteiger partial charge < -0.3 is 12.4 Å². The van der Waals surface area contributed by atoms with Crippen molar-refractivity contribution in [1.82, 2.24) is 4.98 Å². The zero-order valence-corrected chi connectivity index (χ0v) is 17.8. The molecular weight excluding hydrogens is 410 g/mol. The quantitative estimate of drug-likeness (QED) is 0.335. The molecule has 0 spiro atoms. The summed E-state index contributed by atoms with van der Waals surface area (Å²) in [4.78, 5) is 13.7. The van der Waals surface area contributed by atoms with E-state index in [1.807, 2.05) is 61.0 Å². The SMILES string of the molecule is Cc1ccccc1N=CCc1[c-]ccc(CC=Nc2ccccc2C)n1.[Cl-].[Fe+2]. The van der Waals surface area contributed by atoms with Gasteiger partial charge in [0.2, 0.25) is 0 Å². The Morgan fingerprint density at radius 1 is 0.821 bits per heavy atom. The first-order valence-electron chi connectivity index (χ1n) is 8.75. The van der Waals surface area contributed by atoms with Gasteiger partial charge in [-0.1, -0.05) is 36.4 Å². The second-order valence-electron chi connectivity index (χ2n) is 6.13. The van der Waals surface area contributed by atoms with Crippen molar-refractivity contribution in [1.29, 1.82) is 0 Å². The number of pyridine rings is 1. The van der Waals surface area contributed by atoms with E-state index in [0.717, 1.165) is 22.8 Å². The normalized spacial score (nSPS) is 10.6. The first kappa shape index (κ1) is 23.8. The van der Waals surface area contributed by atoms with Gasteiger partial charge in [0.25, 0.3) is 0 Å². The molecular formula is C23H22ClFeN3. The Morgan fingerprint density at radius 2 is 1.36 bits per heavy atom. The Kier molecular flexibility index (Phi) is 10.4. The summed E-state index contributed by atoms with van der Waals surface area (Å²) in [7, 11) is 0. The van der Waals surface area contributed by atoms with Gasteiger partial charge in [0.1, 0.15) is 0 Å². The third-order valence-electron chi connectivity index (χ3n) is 4.08. The van der Waals surface area contributed by atoms with Crippen LogP contribution in [0.4, 0.5) is 11.4 Å². The second-order valence-corrected chi connectivity index (χ2v) is 6.13. The molecule has 3 rings (SSSR count). The van der Waals surface area contributed by atoms with Crippen LogP contribution in [0.2, 0.25) is 0 Å². The van der Waals surface area contributed by atoms with Crippen LogP contribution >= 0.6 is 0 Å². The number of nitrogens with zero attached hydrogens (tertiary/aromatic N) is 3. The predicted octanol–water partition coefficient (Wildman–Crippen LogP) is 2.39. The number of para-hydroxylation sites is 2. The van der Waals surface area contributed by atoms with Crippen molar-refractivity contribution in [2.75, 3.05) is 0 Å². The molecule has 2 aromatic carbocycles. The zero-order valence-electron chi connectivity index (χ0n) is 15.9. The first-order valence-corrected chi connectivity index (χ1v) is 8.75. The van der Waals surface area contributed by atoms with Crippen LogP contribution in [0.15, 0.2) is 70.6 Å². The van der Waals surface area contributed by atoms with E-state index in [0.29, 0.717) is 12.8 Å². The van der Waals surface area contributed by atoms with Crippen molar-refractivity contribution in [3.63, 3.8) is 0 Å². The van der Waals surface area contributed by atoms with E-state index >= 15 is 0 Å². The fraction of sp³-hybridized carbons (Fsp3) is 0.174. The molecule has 0 atom stereocenters. The smallest absolute Gasteiger partial charge is 1.00 e. The summed E-state index contributed by atoms with van der Waals surface area (Å²) >= 11 is 0. The summed E-state index contributed by atoms with van der Waals surface area (Å²) in [5.41, 5.74) is 6.21. The van der Waals surface area contributed by atoms with E-state index in [2.05, 4.69) is 47.0 Å². The number of hydrogen-bond donors (Lipinski definition) is 0. The molecule has 144 valence electrons. The summed E-state index contributed by atoms with van der Waals surface area (Å²) in [6, 6.07) is 23.3. The number of aromatic nitrogens is 1. The van der Waals surface area contributed by atoms with Crippen LogP contribution < -0.4 is 12.4 Å². The fourth-order valence-electron chi connectivity index (χ4n) is 2.58. The summed E-state index contributed by atoms with van der Waals surface area (Å²) in [6.07, 6.45) is 5.17. The van der Waals surface area contributed by atoms with Gasteiger partial charge in [-0.25, -0.2) is 12.1 Å². The summed E-state index contributed by atoms with van der Waals surface area (Å²) in [6.45, 7) is 4.12. The maximum Gasteiger partial charge on any atom is 2.00 e. The standard InChI is InChI=1S/C23H22N3.ClH.Fe/c1-18-8-3-5-12-22(18)24-16-14-20-10-7-11-21(26-20)15-17-25-23-13-6-4-9-19(23)2;;/h3-10,12-13,16-17H,14-15H2,1-2H3;1H;/q-1;;+2/p-1. The molecule has 1 aromatic heterocycles. The minimum Gasteiger partial charge on any atom is -1.00 e. The number of aliphatic imine (C=N–C) groups is 2. The van der Waals surface area contributed by atoms with Crippen LogP contribution in [-0.2, 0) is 29.9 Å². The molecule has 0 aliphatic carbocycles. The zero-order chi connectivity index (χ0) is 18.2. The summed E-state index contributed by atoms with van der Waals surface area (Å²) < 4.78 is 0. The molecule has 0 unspecified atom stereocenters. The Balaban J connectivity index is 0.00000196. The molecule has 1 heterocycles. The molecule has 0 aliphatic rings. The molecule has 3 nitrogen and oxygen atoms in total. The minimum atomic E-state index is 0. The van der Waals surface area contributed by atoms with Crippen LogP contribution in [0.5, 0.6) is 0 Å². The van der Waals surface area contributed by atoms with Gasteiger partial charge in [-0.2, -0.15) is 6.07 Å². The first-order chi connectivity index (χ1) is 12.7. The summed E-state index contributed by atoms with van der Waals surface area (Å²) in [5.74, 6) is 0. The Hall–Kier alpha value is -2.26. The maximum atomic E-state index is 4.64. The number of hydrogen-bond acceptors (Lipinski definition) is 3. The van der Waals surface area contributed by atoms with E-state index in [4.69, 9.17) is 0 Å². The van der Waals surface area contributed by atoms with Crippen molar-refractivity contribution in [2.24, 2.45) is 9.98 Å². The molecule has 0 radical (unpaired) electrons. The molecule has 5 heteroatoms. The van der Waals surface area contributed by atoms with Gasteiger partial charge in [0.05, 0.1) is 11.4 Å². The van der Waals surface area contributed by atoms with Crippen LogP contribution in [0.3, 0.4) is 0 Å². The number of aryl methyl sites for hydroxylation is 2.